The maximum atomic E-state index is 5.83. The van der Waals surface area contributed by atoms with Gasteiger partial charge in [-0.2, -0.15) is 4.98 Å². The van der Waals surface area contributed by atoms with E-state index in [4.69, 9.17) is 15.3 Å². The van der Waals surface area contributed by atoms with Gasteiger partial charge in [0.1, 0.15) is 0 Å². The topological polar surface area (TPSA) is 60.6 Å². The first-order valence-corrected chi connectivity index (χ1v) is 5.96. The molecule has 0 aliphatic carbocycles. The fourth-order valence-electron chi connectivity index (χ4n) is 1.57. The molecule has 0 unspecified atom stereocenters. The summed E-state index contributed by atoms with van der Waals surface area (Å²) in [4.78, 5) is 9.81. The molecule has 2 heterocycles. The maximum absolute atomic E-state index is 5.83. The van der Waals surface area contributed by atoms with Crippen molar-refractivity contribution in [3.63, 3.8) is 0 Å². The van der Waals surface area contributed by atoms with Crippen molar-refractivity contribution < 1.29 is 9.57 Å². The van der Waals surface area contributed by atoms with Crippen LogP contribution in [0.15, 0.2) is 12.1 Å². The van der Waals surface area contributed by atoms with Crippen LogP contribution in [0.4, 0.5) is 11.5 Å². The molecule has 0 spiro atoms. The van der Waals surface area contributed by atoms with Gasteiger partial charge in [0.2, 0.25) is 5.88 Å². The Balaban J connectivity index is 2.11. The van der Waals surface area contributed by atoms with E-state index in [1.807, 2.05) is 6.07 Å². The molecule has 0 radical (unpaired) electrons. The van der Waals surface area contributed by atoms with Crippen LogP contribution in [0.2, 0.25) is 0 Å². The monoisotopic (exact) mass is 237 g/mol. The van der Waals surface area contributed by atoms with Gasteiger partial charge in [0.25, 0.3) is 0 Å². The molecule has 0 amide bonds. The summed E-state index contributed by atoms with van der Waals surface area (Å²) in [5.41, 5.74) is 6.39. The van der Waals surface area contributed by atoms with Gasteiger partial charge in [0, 0.05) is 6.54 Å². The minimum atomic E-state index is 0.447. The van der Waals surface area contributed by atoms with Crippen molar-refractivity contribution >= 4 is 11.5 Å². The molecule has 0 bridgehead atoms. The Labute approximate surface area is 101 Å². The SMILES string of the molecule is CC(C)COc1nc(N2CCCO2)ccc1N. The fourth-order valence-corrected chi connectivity index (χ4v) is 1.57. The average molecular weight is 237 g/mol. The molecule has 2 N–H and O–H groups in total. The van der Waals surface area contributed by atoms with Crippen molar-refractivity contribution in [3.8, 4) is 5.88 Å². The summed E-state index contributed by atoms with van der Waals surface area (Å²) in [5.74, 6) is 1.70. The molecule has 1 aromatic heterocycles. The minimum Gasteiger partial charge on any atom is -0.476 e. The zero-order valence-corrected chi connectivity index (χ0v) is 10.3. The lowest BCUT2D eigenvalue weighted by Gasteiger charge is -2.17. The van der Waals surface area contributed by atoms with E-state index in [0.717, 1.165) is 25.4 Å². The number of nitrogen functional groups attached to an aromatic ring is 1. The first kappa shape index (κ1) is 12.0. The third kappa shape index (κ3) is 3.00. The number of nitrogens with two attached hydrogens (primary N) is 1. The summed E-state index contributed by atoms with van der Waals surface area (Å²) in [6, 6.07) is 3.66. The van der Waals surface area contributed by atoms with E-state index in [1.54, 1.807) is 11.1 Å². The van der Waals surface area contributed by atoms with Crippen LogP contribution in [0.5, 0.6) is 5.88 Å². The van der Waals surface area contributed by atoms with E-state index >= 15 is 0 Å². The van der Waals surface area contributed by atoms with Crippen molar-refractivity contribution in [3.05, 3.63) is 12.1 Å². The van der Waals surface area contributed by atoms with Crippen molar-refractivity contribution in [1.29, 1.82) is 0 Å². The summed E-state index contributed by atoms with van der Waals surface area (Å²) in [7, 11) is 0. The maximum Gasteiger partial charge on any atom is 0.239 e. The normalized spacial score (nSPS) is 15.6. The lowest BCUT2D eigenvalue weighted by Crippen LogP contribution is -2.18. The van der Waals surface area contributed by atoms with Gasteiger partial charge in [-0.1, -0.05) is 13.8 Å². The van der Waals surface area contributed by atoms with Gasteiger partial charge in [-0.15, -0.1) is 0 Å². The molecule has 1 aliphatic heterocycles. The van der Waals surface area contributed by atoms with Gasteiger partial charge in [-0.05, 0) is 24.5 Å². The predicted octanol–water partition coefficient (Wildman–Crippen LogP) is 1.84. The van der Waals surface area contributed by atoms with Crippen molar-refractivity contribution in [2.24, 2.45) is 5.92 Å². The van der Waals surface area contributed by atoms with E-state index < -0.39 is 0 Å². The number of hydrogen-bond donors (Lipinski definition) is 1. The van der Waals surface area contributed by atoms with Gasteiger partial charge in [-0.3, -0.25) is 4.84 Å². The van der Waals surface area contributed by atoms with Gasteiger partial charge in [-0.25, -0.2) is 5.06 Å². The Bertz CT molecular complexity index is 376. The Morgan fingerprint density at radius 1 is 1.53 bits per heavy atom. The van der Waals surface area contributed by atoms with Gasteiger partial charge >= 0.3 is 0 Å². The Hall–Kier alpha value is -1.49. The Morgan fingerprint density at radius 2 is 2.35 bits per heavy atom. The Kier molecular flexibility index (Phi) is 3.68. The molecule has 1 fully saturated rings. The molecule has 2 rings (SSSR count). The second kappa shape index (κ2) is 5.23. The molecule has 94 valence electrons. The van der Waals surface area contributed by atoms with Crippen LogP contribution >= 0.6 is 0 Å². The van der Waals surface area contributed by atoms with Crippen LogP contribution < -0.4 is 15.5 Å². The number of hydrogen-bond acceptors (Lipinski definition) is 5. The van der Waals surface area contributed by atoms with Crippen molar-refractivity contribution in [2.45, 2.75) is 20.3 Å². The molecule has 1 aliphatic rings. The first-order valence-electron chi connectivity index (χ1n) is 5.96. The molecule has 17 heavy (non-hydrogen) atoms. The number of rotatable bonds is 4. The summed E-state index contributed by atoms with van der Waals surface area (Å²) in [6.07, 6.45) is 1.02. The molecule has 1 saturated heterocycles. The van der Waals surface area contributed by atoms with Crippen molar-refractivity contribution in [1.82, 2.24) is 4.98 Å². The molecule has 1 aromatic rings. The molecule has 5 heteroatoms. The fraction of sp³-hybridized carbons (Fsp3) is 0.583. The van der Waals surface area contributed by atoms with E-state index in [1.165, 1.54) is 0 Å². The lowest BCUT2D eigenvalue weighted by atomic mass is 10.2. The number of pyridine rings is 1. The van der Waals surface area contributed by atoms with Crippen LogP contribution in [0, 0.1) is 5.92 Å². The largest absolute Gasteiger partial charge is 0.476 e. The summed E-state index contributed by atoms with van der Waals surface area (Å²) >= 11 is 0. The van der Waals surface area contributed by atoms with Gasteiger partial charge in [0.15, 0.2) is 5.82 Å². The number of hydroxylamine groups is 1. The summed E-state index contributed by atoms with van der Waals surface area (Å²) < 4.78 is 5.58. The number of aromatic nitrogens is 1. The highest BCUT2D eigenvalue weighted by atomic mass is 16.7. The van der Waals surface area contributed by atoms with Crippen molar-refractivity contribution in [2.75, 3.05) is 30.6 Å². The van der Waals surface area contributed by atoms with Gasteiger partial charge < -0.3 is 10.5 Å². The average Bonchev–Trinajstić information content (AvgIpc) is 2.81. The minimum absolute atomic E-state index is 0.447. The lowest BCUT2D eigenvalue weighted by molar-refractivity contribution is 0.165. The van der Waals surface area contributed by atoms with Crippen LogP contribution in [-0.4, -0.2) is 24.7 Å². The Morgan fingerprint density at radius 3 is 3.00 bits per heavy atom. The second-order valence-corrected chi connectivity index (χ2v) is 4.56. The zero-order valence-electron chi connectivity index (χ0n) is 10.3. The van der Waals surface area contributed by atoms with E-state index in [9.17, 15) is 0 Å². The highest BCUT2D eigenvalue weighted by Crippen LogP contribution is 2.25. The zero-order chi connectivity index (χ0) is 12.3. The summed E-state index contributed by atoms with van der Waals surface area (Å²) in [5, 5.41) is 1.78. The number of ether oxygens (including phenoxy) is 1. The van der Waals surface area contributed by atoms with Crippen LogP contribution in [-0.2, 0) is 4.84 Å². The molecular formula is C12H19N3O2. The molecular weight excluding hydrogens is 218 g/mol. The van der Waals surface area contributed by atoms with Gasteiger partial charge in [0.05, 0.1) is 18.9 Å². The predicted molar refractivity (Wildman–Crippen MR) is 66.9 cm³/mol. The molecule has 0 aromatic carbocycles. The number of anilines is 2. The smallest absolute Gasteiger partial charge is 0.239 e. The first-order chi connectivity index (χ1) is 8.16. The van der Waals surface area contributed by atoms with Crippen LogP contribution in [0.25, 0.3) is 0 Å². The second-order valence-electron chi connectivity index (χ2n) is 4.56. The van der Waals surface area contributed by atoms with E-state index in [2.05, 4.69) is 18.8 Å². The number of nitrogens with zero attached hydrogens (tertiary/aromatic N) is 2. The molecule has 0 saturated carbocycles. The summed E-state index contributed by atoms with van der Waals surface area (Å²) in [6.45, 7) is 6.39. The highest BCUT2D eigenvalue weighted by molar-refractivity contribution is 5.53. The van der Waals surface area contributed by atoms with Crippen LogP contribution in [0.3, 0.4) is 0 Å². The van der Waals surface area contributed by atoms with E-state index in [-0.39, 0.29) is 0 Å². The molecule has 5 nitrogen and oxygen atoms in total. The third-order valence-corrected chi connectivity index (χ3v) is 2.44. The van der Waals surface area contributed by atoms with E-state index in [0.29, 0.717) is 24.1 Å². The molecule has 0 atom stereocenters. The highest BCUT2D eigenvalue weighted by Gasteiger charge is 2.16. The third-order valence-electron chi connectivity index (χ3n) is 2.44. The quantitative estimate of drug-likeness (QED) is 0.865. The standard InChI is InChI=1S/C12H19N3O2/c1-9(2)8-16-12-10(13)4-5-11(14-12)15-6-3-7-17-15/h4-5,9H,3,6-8,13H2,1-2H3. The van der Waals surface area contributed by atoms with Crippen LogP contribution in [0.1, 0.15) is 20.3 Å².